The van der Waals surface area contributed by atoms with Crippen LogP contribution in [-0.4, -0.2) is 47.8 Å². The van der Waals surface area contributed by atoms with Gasteiger partial charge in [-0.1, -0.05) is 0 Å². The molecule has 2 heterocycles. The first-order valence-corrected chi connectivity index (χ1v) is 5.47. The number of aromatic nitrogens is 5. The number of carboxylic acids is 1. The molecule has 3 N–H and O–H groups in total. The van der Waals surface area contributed by atoms with E-state index in [9.17, 15) is 9.59 Å². The van der Waals surface area contributed by atoms with Crippen molar-refractivity contribution in [1.82, 2.24) is 30.0 Å². The Kier molecular flexibility index (Phi) is 3.86. The van der Waals surface area contributed by atoms with Gasteiger partial charge < -0.3 is 15.4 Å². The number of aliphatic carboxylic acids is 1. The van der Waals surface area contributed by atoms with Crippen molar-refractivity contribution in [2.45, 2.75) is 19.0 Å². The summed E-state index contributed by atoms with van der Waals surface area (Å²) in [5, 5.41) is 15.2. The van der Waals surface area contributed by atoms with Crippen LogP contribution < -0.4 is 5.32 Å². The third-order valence-corrected chi connectivity index (χ3v) is 2.38. The van der Waals surface area contributed by atoms with Crippen molar-refractivity contribution in [2.24, 2.45) is 0 Å². The Labute approximate surface area is 107 Å². The molecule has 2 aromatic rings. The van der Waals surface area contributed by atoms with Gasteiger partial charge in [0.05, 0.1) is 6.33 Å². The molecular weight excluding hydrogens is 252 g/mol. The molecule has 0 saturated carbocycles. The van der Waals surface area contributed by atoms with Crippen LogP contribution in [0.3, 0.4) is 0 Å². The summed E-state index contributed by atoms with van der Waals surface area (Å²) >= 11 is 0. The summed E-state index contributed by atoms with van der Waals surface area (Å²) in [5.74, 6) is -1.56. The second-order valence-electron chi connectivity index (χ2n) is 3.83. The minimum absolute atomic E-state index is 0.0766. The molecule has 0 bridgehead atoms. The highest BCUT2D eigenvalue weighted by atomic mass is 16.4. The molecule has 0 radical (unpaired) electrons. The number of imidazole rings is 1. The van der Waals surface area contributed by atoms with Crippen LogP contribution in [-0.2, 0) is 22.6 Å². The van der Waals surface area contributed by atoms with Crippen LogP contribution in [0.4, 0.5) is 0 Å². The first-order chi connectivity index (χ1) is 9.15. The van der Waals surface area contributed by atoms with Gasteiger partial charge in [0.1, 0.15) is 25.2 Å². The highest BCUT2D eigenvalue weighted by Gasteiger charge is 2.21. The number of aromatic amines is 1. The topological polar surface area (TPSA) is 126 Å². The van der Waals surface area contributed by atoms with Crippen LogP contribution in [0.2, 0.25) is 0 Å². The molecule has 0 fully saturated rings. The maximum Gasteiger partial charge on any atom is 0.326 e. The Balaban J connectivity index is 1.93. The molecule has 0 aliphatic rings. The van der Waals surface area contributed by atoms with E-state index >= 15 is 0 Å². The Morgan fingerprint density at radius 3 is 2.89 bits per heavy atom. The van der Waals surface area contributed by atoms with Crippen molar-refractivity contribution in [3.05, 3.63) is 30.9 Å². The molecule has 2 rings (SSSR count). The molecule has 9 heteroatoms. The zero-order valence-corrected chi connectivity index (χ0v) is 9.85. The standard InChI is InChI=1S/C10H12N6O3/c17-9(3-16-6-12-5-14-16)15-8(10(18)19)1-7-2-11-4-13-7/h2,4-6,8H,1,3H2,(H,11,13)(H,15,17)(H,18,19)/t8-/m1/s1. The zero-order chi connectivity index (χ0) is 13.7. The number of hydrogen-bond donors (Lipinski definition) is 3. The molecule has 2 aromatic heterocycles. The van der Waals surface area contributed by atoms with Gasteiger partial charge in [-0.05, 0) is 0 Å². The van der Waals surface area contributed by atoms with Crippen LogP contribution in [0.25, 0.3) is 0 Å². The Hall–Kier alpha value is -2.71. The lowest BCUT2D eigenvalue weighted by Crippen LogP contribution is -2.43. The Morgan fingerprint density at radius 1 is 1.47 bits per heavy atom. The van der Waals surface area contributed by atoms with Gasteiger partial charge in [0.25, 0.3) is 0 Å². The third kappa shape index (κ3) is 3.63. The zero-order valence-electron chi connectivity index (χ0n) is 9.85. The number of carbonyl (C=O) groups is 2. The largest absolute Gasteiger partial charge is 0.480 e. The van der Waals surface area contributed by atoms with Gasteiger partial charge in [0.2, 0.25) is 5.91 Å². The van der Waals surface area contributed by atoms with Crippen molar-refractivity contribution in [1.29, 1.82) is 0 Å². The number of nitrogens with one attached hydrogen (secondary N) is 2. The molecular formula is C10H12N6O3. The number of carbonyl (C=O) groups excluding carboxylic acids is 1. The van der Waals surface area contributed by atoms with E-state index < -0.39 is 17.9 Å². The summed E-state index contributed by atoms with van der Waals surface area (Å²) in [6.45, 7) is -0.0766. The van der Waals surface area contributed by atoms with Gasteiger partial charge >= 0.3 is 5.97 Å². The van der Waals surface area contributed by atoms with Crippen LogP contribution >= 0.6 is 0 Å². The summed E-state index contributed by atoms with van der Waals surface area (Å²) in [5.41, 5.74) is 0.633. The normalized spacial score (nSPS) is 12.0. The molecule has 9 nitrogen and oxygen atoms in total. The number of amides is 1. The van der Waals surface area contributed by atoms with E-state index in [2.05, 4.69) is 25.4 Å². The van der Waals surface area contributed by atoms with Gasteiger partial charge in [-0.25, -0.2) is 19.4 Å². The van der Waals surface area contributed by atoms with Crippen LogP contribution in [0.1, 0.15) is 5.69 Å². The first-order valence-electron chi connectivity index (χ1n) is 5.47. The van der Waals surface area contributed by atoms with E-state index in [1.165, 1.54) is 29.9 Å². The second-order valence-corrected chi connectivity index (χ2v) is 3.83. The molecule has 19 heavy (non-hydrogen) atoms. The SMILES string of the molecule is O=C(Cn1cncn1)N[C@H](Cc1cnc[nH]1)C(=O)O. The van der Waals surface area contributed by atoms with Gasteiger partial charge in [0, 0.05) is 18.3 Å². The number of hydrogen-bond acceptors (Lipinski definition) is 5. The molecule has 1 atom stereocenters. The van der Waals surface area contributed by atoms with Gasteiger partial charge in [-0.3, -0.25) is 4.79 Å². The second kappa shape index (κ2) is 5.76. The van der Waals surface area contributed by atoms with Gasteiger partial charge in [-0.15, -0.1) is 0 Å². The molecule has 1 amide bonds. The highest BCUT2D eigenvalue weighted by molar-refractivity contribution is 5.83. The van der Waals surface area contributed by atoms with E-state index in [0.717, 1.165) is 0 Å². The minimum Gasteiger partial charge on any atom is -0.480 e. The Morgan fingerprint density at radius 2 is 2.32 bits per heavy atom. The van der Waals surface area contributed by atoms with Crippen molar-refractivity contribution in [3.8, 4) is 0 Å². The average Bonchev–Trinajstić information content (AvgIpc) is 3.00. The summed E-state index contributed by atoms with van der Waals surface area (Å²) in [7, 11) is 0. The minimum atomic E-state index is -1.11. The molecule has 0 aliphatic heterocycles. The smallest absolute Gasteiger partial charge is 0.326 e. The summed E-state index contributed by atoms with van der Waals surface area (Å²) in [6.07, 6.45) is 5.78. The maximum atomic E-state index is 11.7. The first kappa shape index (κ1) is 12.7. The van der Waals surface area contributed by atoms with Crippen molar-refractivity contribution in [3.63, 3.8) is 0 Å². The highest BCUT2D eigenvalue weighted by Crippen LogP contribution is 1.99. The quantitative estimate of drug-likeness (QED) is 0.602. The lowest BCUT2D eigenvalue weighted by atomic mass is 10.1. The van der Waals surface area contributed by atoms with E-state index in [1.807, 2.05) is 0 Å². The monoisotopic (exact) mass is 264 g/mol. The molecule has 0 saturated heterocycles. The Bertz CT molecular complexity index is 536. The lowest BCUT2D eigenvalue weighted by molar-refractivity contribution is -0.141. The predicted molar refractivity (Wildman–Crippen MR) is 61.9 cm³/mol. The average molecular weight is 264 g/mol. The molecule has 0 aromatic carbocycles. The van der Waals surface area contributed by atoms with Crippen molar-refractivity contribution in [2.75, 3.05) is 0 Å². The van der Waals surface area contributed by atoms with E-state index in [-0.39, 0.29) is 13.0 Å². The fourth-order valence-corrected chi connectivity index (χ4v) is 1.52. The van der Waals surface area contributed by atoms with E-state index in [0.29, 0.717) is 5.69 Å². The maximum absolute atomic E-state index is 11.7. The van der Waals surface area contributed by atoms with E-state index in [1.54, 1.807) is 0 Å². The van der Waals surface area contributed by atoms with Crippen LogP contribution in [0.5, 0.6) is 0 Å². The lowest BCUT2D eigenvalue weighted by Gasteiger charge is -2.13. The van der Waals surface area contributed by atoms with Gasteiger partial charge in [-0.2, -0.15) is 5.10 Å². The number of rotatable bonds is 6. The number of H-pyrrole nitrogens is 1. The predicted octanol–water partition coefficient (Wildman–Crippen LogP) is -1.19. The molecule has 100 valence electrons. The van der Waals surface area contributed by atoms with Crippen LogP contribution in [0.15, 0.2) is 25.2 Å². The van der Waals surface area contributed by atoms with Crippen molar-refractivity contribution < 1.29 is 14.7 Å². The van der Waals surface area contributed by atoms with Gasteiger partial charge in [0.15, 0.2) is 0 Å². The van der Waals surface area contributed by atoms with Crippen molar-refractivity contribution >= 4 is 11.9 Å². The third-order valence-electron chi connectivity index (χ3n) is 2.38. The number of carboxylic acid groups (broad SMARTS) is 1. The fraction of sp³-hybridized carbons (Fsp3) is 0.300. The fourth-order valence-electron chi connectivity index (χ4n) is 1.52. The summed E-state index contributed by atoms with van der Waals surface area (Å²) in [4.78, 5) is 33.0. The van der Waals surface area contributed by atoms with E-state index in [4.69, 9.17) is 5.11 Å². The number of nitrogens with zero attached hydrogens (tertiary/aromatic N) is 4. The summed E-state index contributed by atoms with van der Waals surface area (Å²) in [6, 6.07) is -1.02. The molecule has 0 spiro atoms. The molecule has 0 aliphatic carbocycles. The molecule has 0 unspecified atom stereocenters. The summed E-state index contributed by atoms with van der Waals surface area (Å²) < 4.78 is 1.31. The van der Waals surface area contributed by atoms with Crippen LogP contribution in [0, 0.1) is 0 Å².